The molecule has 0 aromatic heterocycles. The highest BCUT2D eigenvalue weighted by atomic mass is 79.9. The number of hydrogen-bond acceptors (Lipinski definition) is 1. The van der Waals surface area contributed by atoms with E-state index in [1.165, 1.54) is 0 Å². The summed E-state index contributed by atoms with van der Waals surface area (Å²) >= 11 is 9.73. The molecule has 2 nitrogen and oxygen atoms in total. The lowest BCUT2D eigenvalue weighted by atomic mass is 9.87. The lowest BCUT2D eigenvalue weighted by Crippen LogP contribution is -2.33. The Balaban J connectivity index is 2.61. The normalized spacial score (nSPS) is 17.1. The fourth-order valence-corrected chi connectivity index (χ4v) is 3.23. The Labute approximate surface area is 115 Å². The molecule has 0 aliphatic carbocycles. The molecule has 1 heterocycles. The zero-order chi connectivity index (χ0) is 12.8. The number of carbonyl (C=O) groups excluding carboxylic acids is 1. The van der Waals surface area contributed by atoms with E-state index in [1.807, 2.05) is 17.9 Å². The summed E-state index contributed by atoms with van der Waals surface area (Å²) in [5.74, 6) is 0.126. The maximum Gasteiger partial charge on any atom is 0.226 e. The summed E-state index contributed by atoms with van der Waals surface area (Å²) in [5.41, 5.74) is 1.97. The SMILES string of the molecule is CCC(=O)N1CC(C)(C)c2cc(Br)cc(Cl)c21. The summed E-state index contributed by atoms with van der Waals surface area (Å²) in [4.78, 5) is 13.8. The minimum absolute atomic E-state index is 0.0480. The molecule has 0 atom stereocenters. The molecule has 0 saturated carbocycles. The summed E-state index contributed by atoms with van der Waals surface area (Å²) in [5, 5.41) is 0.641. The molecule has 1 aromatic carbocycles. The predicted molar refractivity (Wildman–Crippen MR) is 74.8 cm³/mol. The van der Waals surface area contributed by atoms with Crippen molar-refractivity contribution in [1.82, 2.24) is 0 Å². The van der Waals surface area contributed by atoms with Crippen LogP contribution in [-0.2, 0) is 10.2 Å². The lowest BCUT2D eigenvalue weighted by molar-refractivity contribution is -0.118. The minimum Gasteiger partial charge on any atom is -0.310 e. The maximum atomic E-state index is 12.0. The second kappa shape index (κ2) is 4.29. The van der Waals surface area contributed by atoms with Crippen molar-refractivity contribution in [3.8, 4) is 0 Å². The van der Waals surface area contributed by atoms with Crippen LogP contribution in [0.4, 0.5) is 5.69 Å². The first-order valence-electron chi connectivity index (χ1n) is 5.66. The zero-order valence-electron chi connectivity index (χ0n) is 10.2. The molecule has 1 amide bonds. The van der Waals surface area contributed by atoms with Crippen LogP contribution in [0.5, 0.6) is 0 Å². The summed E-state index contributed by atoms with van der Waals surface area (Å²) in [6, 6.07) is 3.90. The van der Waals surface area contributed by atoms with E-state index in [9.17, 15) is 4.79 Å². The van der Waals surface area contributed by atoms with E-state index in [0.29, 0.717) is 18.0 Å². The highest BCUT2D eigenvalue weighted by molar-refractivity contribution is 9.10. The second-order valence-corrected chi connectivity index (χ2v) is 6.32. The van der Waals surface area contributed by atoms with E-state index < -0.39 is 0 Å². The van der Waals surface area contributed by atoms with Gasteiger partial charge in [-0.2, -0.15) is 0 Å². The molecule has 0 radical (unpaired) electrons. The van der Waals surface area contributed by atoms with Gasteiger partial charge in [-0.25, -0.2) is 0 Å². The van der Waals surface area contributed by atoms with Crippen LogP contribution < -0.4 is 4.90 Å². The van der Waals surface area contributed by atoms with Gasteiger partial charge in [-0.15, -0.1) is 0 Å². The van der Waals surface area contributed by atoms with Gasteiger partial charge >= 0.3 is 0 Å². The van der Waals surface area contributed by atoms with Gasteiger partial charge in [0.1, 0.15) is 0 Å². The van der Waals surface area contributed by atoms with Crippen LogP contribution in [0.2, 0.25) is 5.02 Å². The molecule has 1 aliphatic heterocycles. The first-order valence-corrected chi connectivity index (χ1v) is 6.84. The van der Waals surface area contributed by atoms with E-state index in [2.05, 4.69) is 35.8 Å². The van der Waals surface area contributed by atoms with Crippen molar-refractivity contribution in [1.29, 1.82) is 0 Å². The minimum atomic E-state index is -0.0480. The van der Waals surface area contributed by atoms with E-state index >= 15 is 0 Å². The number of carbonyl (C=O) groups is 1. The number of nitrogens with zero attached hydrogens (tertiary/aromatic N) is 1. The second-order valence-electron chi connectivity index (χ2n) is 5.00. The third-order valence-corrected chi connectivity index (χ3v) is 3.93. The molecule has 2 rings (SSSR count). The fraction of sp³-hybridized carbons (Fsp3) is 0.462. The lowest BCUT2D eigenvalue weighted by Gasteiger charge is -2.20. The average Bonchev–Trinajstić information content (AvgIpc) is 2.50. The summed E-state index contributed by atoms with van der Waals surface area (Å²) < 4.78 is 0.958. The molecule has 0 N–H and O–H groups in total. The maximum absolute atomic E-state index is 12.0. The van der Waals surface area contributed by atoms with Crippen molar-refractivity contribution in [2.75, 3.05) is 11.4 Å². The van der Waals surface area contributed by atoms with E-state index in [1.54, 1.807) is 0 Å². The van der Waals surface area contributed by atoms with Crippen LogP contribution in [0, 0.1) is 0 Å². The van der Waals surface area contributed by atoms with Gasteiger partial charge in [-0.3, -0.25) is 4.79 Å². The first kappa shape index (κ1) is 12.9. The van der Waals surface area contributed by atoms with E-state index in [4.69, 9.17) is 11.6 Å². The quantitative estimate of drug-likeness (QED) is 0.762. The number of halogens is 2. The van der Waals surface area contributed by atoms with Crippen LogP contribution in [0.1, 0.15) is 32.8 Å². The van der Waals surface area contributed by atoms with Gasteiger partial charge in [0.05, 0.1) is 10.7 Å². The van der Waals surface area contributed by atoms with Gasteiger partial charge < -0.3 is 4.90 Å². The van der Waals surface area contributed by atoms with Gasteiger partial charge in [0.2, 0.25) is 5.91 Å². The predicted octanol–water partition coefficient (Wildman–Crippen LogP) is 4.14. The van der Waals surface area contributed by atoms with Gasteiger partial charge in [-0.1, -0.05) is 48.3 Å². The Morgan fingerprint density at radius 2 is 2.18 bits per heavy atom. The number of benzene rings is 1. The van der Waals surface area contributed by atoms with Crippen LogP contribution in [-0.4, -0.2) is 12.5 Å². The average molecular weight is 317 g/mol. The van der Waals surface area contributed by atoms with Crippen molar-refractivity contribution in [2.45, 2.75) is 32.6 Å². The standard InChI is InChI=1S/C13H15BrClNO/c1-4-11(17)16-7-13(2,3)9-5-8(14)6-10(15)12(9)16/h5-6H,4,7H2,1-3H3. The van der Waals surface area contributed by atoms with Crippen molar-refractivity contribution in [3.05, 3.63) is 27.2 Å². The van der Waals surface area contributed by atoms with Crippen LogP contribution in [0.3, 0.4) is 0 Å². The summed E-state index contributed by atoms with van der Waals surface area (Å²) in [6.07, 6.45) is 0.502. The molecule has 0 saturated heterocycles. The van der Waals surface area contributed by atoms with Gasteiger partial charge in [0, 0.05) is 22.9 Å². The van der Waals surface area contributed by atoms with Crippen LogP contribution in [0.25, 0.3) is 0 Å². The fourth-order valence-electron chi connectivity index (χ4n) is 2.32. The number of hydrogen-bond donors (Lipinski definition) is 0. The summed E-state index contributed by atoms with van der Waals surface area (Å²) in [7, 11) is 0. The molecule has 1 aromatic rings. The monoisotopic (exact) mass is 315 g/mol. The Morgan fingerprint density at radius 1 is 1.53 bits per heavy atom. The smallest absolute Gasteiger partial charge is 0.226 e. The Kier molecular flexibility index (Phi) is 3.25. The highest BCUT2D eigenvalue weighted by Crippen LogP contribution is 2.46. The topological polar surface area (TPSA) is 20.3 Å². The summed E-state index contributed by atoms with van der Waals surface area (Å²) in [6.45, 7) is 6.85. The van der Waals surface area contributed by atoms with Crippen molar-refractivity contribution < 1.29 is 4.79 Å². The molecule has 1 aliphatic rings. The number of anilines is 1. The number of fused-ring (bicyclic) bond motifs is 1. The molecule has 92 valence electrons. The molecule has 0 fully saturated rings. The van der Waals surface area contributed by atoms with Crippen molar-refractivity contribution in [3.63, 3.8) is 0 Å². The van der Waals surface area contributed by atoms with Crippen molar-refractivity contribution in [2.24, 2.45) is 0 Å². The van der Waals surface area contributed by atoms with E-state index in [0.717, 1.165) is 15.7 Å². The number of amides is 1. The Bertz CT molecular complexity index is 485. The zero-order valence-corrected chi connectivity index (χ0v) is 12.5. The number of rotatable bonds is 1. The van der Waals surface area contributed by atoms with Gasteiger partial charge in [0.25, 0.3) is 0 Å². The van der Waals surface area contributed by atoms with Gasteiger partial charge in [-0.05, 0) is 17.7 Å². The molecule has 0 bridgehead atoms. The van der Waals surface area contributed by atoms with Crippen LogP contribution >= 0.6 is 27.5 Å². The third-order valence-electron chi connectivity index (χ3n) is 3.18. The van der Waals surface area contributed by atoms with Crippen molar-refractivity contribution >= 4 is 39.1 Å². The Morgan fingerprint density at radius 3 is 2.76 bits per heavy atom. The van der Waals surface area contributed by atoms with Gasteiger partial charge in [0.15, 0.2) is 0 Å². The first-order chi connectivity index (χ1) is 7.86. The molecule has 0 unspecified atom stereocenters. The molecular weight excluding hydrogens is 302 g/mol. The largest absolute Gasteiger partial charge is 0.310 e. The van der Waals surface area contributed by atoms with E-state index in [-0.39, 0.29) is 11.3 Å². The highest BCUT2D eigenvalue weighted by Gasteiger charge is 2.39. The molecular formula is C13H15BrClNO. The van der Waals surface area contributed by atoms with Crippen LogP contribution in [0.15, 0.2) is 16.6 Å². The molecule has 17 heavy (non-hydrogen) atoms. The third kappa shape index (κ3) is 2.11. The molecule has 4 heteroatoms. The molecule has 0 spiro atoms. The Hall–Kier alpha value is -0.540.